The Hall–Kier alpha value is -1.55. The minimum absolute atomic E-state index is 0.0588. The summed E-state index contributed by atoms with van der Waals surface area (Å²) < 4.78 is 0. The molecule has 1 aromatic rings. The van der Waals surface area contributed by atoms with Crippen molar-refractivity contribution < 1.29 is 9.59 Å². The molecular weight excluding hydrogens is 276 g/mol. The summed E-state index contributed by atoms with van der Waals surface area (Å²) >= 11 is 6.22. The molecule has 1 atom stereocenters. The van der Waals surface area contributed by atoms with Crippen molar-refractivity contribution in [2.24, 2.45) is 5.92 Å². The number of halogens is 1. The number of benzene rings is 1. The van der Waals surface area contributed by atoms with E-state index >= 15 is 0 Å². The highest BCUT2D eigenvalue weighted by Crippen LogP contribution is 2.23. The van der Waals surface area contributed by atoms with Crippen LogP contribution in [0.3, 0.4) is 0 Å². The highest BCUT2D eigenvalue weighted by atomic mass is 35.5. The van der Waals surface area contributed by atoms with Crippen molar-refractivity contribution in [2.45, 2.75) is 33.4 Å². The van der Waals surface area contributed by atoms with Crippen LogP contribution < -0.4 is 5.32 Å². The van der Waals surface area contributed by atoms with Crippen molar-refractivity contribution >= 4 is 23.4 Å². The molecule has 108 valence electrons. The third-order valence-electron chi connectivity index (χ3n) is 3.52. The molecule has 4 nitrogen and oxygen atoms in total. The average Bonchev–Trinajstić information content (AvgIpc) is 2.36. The van der Waals surface area contributed by atoms with Crippen molar-refractivity contribution in [1.82, 2.24) is 10.2 Å². The van der Waals surface area contributed by atoms with E-state index in [4.69, 9.17) is 11.6 Å². The molecule has 1 aliphatic rings. The molecule has 1 saturated heterocycles. The molecule has 5 heteroatoms. The molecule has 0 aromatic heterocycles. The van der Waals surface area contributed by atoms with E-state index in [2.05, 4.69) is 5.32 Å². The van der Waals surface area contributed by atoms with Crippen LogP contribution in [0.1, 0.15) is 25.0 Å². The van der Waals surface area contributed by atoms with Gasteiger partial charge in [-0.15, -0.1) is 0 Å². The molecule has 0 aliphatic carbocycles. The lowest BCUT2D eigenvalue weighted by Gasteiger charge is -2.37. The first-order valence-corrected chi connectivity index (χ1v) is 7.10. The van der Waals surface area contributed by atoms with E-state index in [1.807, 2.05) is 39.0 Å². The highest BCUT2D eigenvalue weighted by Gasteiger charge is 2.36. The Bertz CT molecular complexity index is 543. The summed E-state index contributed by atoms with van der Waals surface area (Å²) in [4.78, 5) is 25.7. The first-order chi connectivity index (χ1) is 9.40. The number of rotatable bonds is 3. The van der Waals surface area contributed by atoms with Crippen LogP contribution in [-0.4, -0.2) is 29.3 Å². The van der Waals surface area contributed by atoms with E-state index in [-0.39, 0.29) is 24.3 Å². The molecule has 1 aliphatic heterocycles. The van der Waals surface area contributed by atoms with Gasteiger partial charge in [0, 0.05) is 11.6 Å². The fraction of sp³-hybridized carbons (Fsp3) is 0.467. The molecule has 2 rings (SSSR count). The van der Waals surface area contributed by atoms with Gasteiger partial charge >= 0.3 is 0 Å². The van der Waals surface area contributed by atoms with E-state index in [0.717, 1.165) is 11.1 Å². The Morgan fingerprint density at radius 2 is 2.10 bits per heavy atom. The van der Waals surface area contributed by atoms with Crippen LogP contribution in [0.5, 0.6) is 0 Å². The number of nitrogens with one attached hydrogen (secondary N) is 1. The Morgan fingerprint density at radius 3 is 2.70 bits per heavy atom. The second-order valence-corrected chi connectivity index (χ2v) is 5.93. The van der Waals surface area contributed by atoms with Gasteiger partial charge in [0.25, 0.3) is 0 Å². The Balaban J connectivity index is 2.28. The highest BCUT2D eigenvalue weighted by molar-refractivity contribution is 6.31. The van der Waals surface area contributed by atoms with Gasteiger partial charge in [0.15, 0.2) is 0 Å². The van der Waals surface area contributed by atoms with Gasteiger partial charge in [0.2, 0.25) is 11.8 Å². The number of hydrogen-bond donors (Lipinski definition) is 1. The molecule has 1 fully saturated rings. The maximum atomic E-state index is 12.1. The summed E-state index contributed by atoms with van der Waals surface area (Å²) in [6, 6.07) is 5.30. The number of hydrogen-bond acceptors (Lipinski definition) is 2. The van der Waals surface area contributed by atoms with Crippen molar-refractivity contribution in [3.63, 3.8) is 0 Å². The number of carbonyl (C=O) groups excluding carboxylic acids is 2. The van der Waals surface area contributed by atoms with Crippen molar-refractivity contribution in [3.8, 4) is 0 Å². The number of nitrogens with zero attached hydrogens (tertiary/aromatic N) is 1. The standard InChI is InChI=1S/C15H19ClN2O2/c1-9(2)14-15(20)17-7-13(19)18(14)8-11-5-4-10(3)6-12(11)16/h4-6,9,14H,7-8H2,1-3H3,(H,17,20). The number of amides is 2. The number of piperazine rings is 1. The van der Waals surface area contributed by atoms with Gasteiger partial charge in [-0.1, -0.05) is 37.6 Å². The monoisotopic (exact) mass is 294 g/mol. The summed E-state index contributed by atoms with van der Waals surface area (Å²) in [7, 11) is 0. The summed E-state index contributed by atoms with van der Waals surface area (Å²) in [5.74, 6) is -0.105. The Kier molecular flexibility index (Phi) is 4.33. The smallest absolute Gasteiger partial charge is 0.243 e. The SMILES string of the molecule is Cc1ccc(CN2C(=O)CNC(=O)C2C(C)C)c(Cl)c1. The maximum Gasteiger partial charge on any atom is 0.243 e. The topological polar surface area (TPSA) is 49.4 Å². The fourth-order valence-electron chi connectivity index (χ4n) is 2.48. The lowest BCUT2D eigenvalue weighted by Crippen LogP contribution is -2.59. The predicted molar refractivity (Wildman–Crippen MR) is 78.4 cm³/mol. The molecule has 0 bridgehead atoms. The fourth-order valence-corrected chi connectivity index (χ4v) is 2.77. The average molecular weight is 295 g/mol. The zero-order valence-electron chi connectivity index (χ0n) is 11.9. The van der Waals surface area contributed by atoms with Crippen LogP contribution in [-0.2, 0) is 16.1 Å². The van der Waals surface area contributed by atoms with Crippen LogP contribution >= 0.6 is 11.6 Å². The van der Waals surface area contributed by atoms with Crippen LogP contribution in [0.2, 0.25) is 5.02 Å². The quantitative estimate of drug-likeness (QED) is 0.928. The van der Waals surface area contributed by atoms with Crippen molar-refractivity contribution in [2.75, 3.05) is 6.54 Å². The molecule has 1 heterocycles. The summed E-state index contributed by atoms with van der Waals surface area (Å²) in [6.45, 7) is 6.27. The maximum absolute atomic E-state index is 12.1. The summed E-state index contributed by atoms with van der Waals surface area (Å²) in [5.41, 5.74) is 1.94. The number of carbonyl (C=O) groups is 2. The van der Waals surface area contributed by atoms with Crippen LogP contribution in [0, 0.1) is 12.8 Å². The lowest BCUT2D eigenvalue weighted by atomic mass is 9.98. The molecule has 1 unspecified atom stereocenters. The third-order valence-corrected chi connectivity index (χ3v) is 3.87. The molecule has 20 heavy (non-hydrogen) atoms. The van der Waals surface area contributed by atoms with Gasteiger partial charge in [-0.2, -0.15) is 0 Å². The zero-order valence-corrected chi connectivity index (χ0v) is 12.7. The van der Waals surface area contributed by atoms with E-state index in [1.165, 1.54) is 0 Å². The molecule has 0 spiro atoms. The predicted octanol–water partition coefficient (Wildman–Crippen LogP) is 2.13. The molecule has 0 radical (unpaired) electrons. The van der Waals surface area contributed by atoms with E-state index in [0.29, 0.717) is 11.6 Å². The largest absolute Gasteiger partial charge is 0.345 e. The van der Waals surface area contributed by atoms with Crippen LogP contribution in [0.15, 0.2) is 18.2 Å². The number of aryl methyl sites for hydroxylation is 1. The lowest BCUT2D eigenvalue weighted by molar-refractivity contribution is -0.148. The van der Waals surface area contributed by atoms with Crippen LogP contribution in [0.4, 0.5) is 0 Å². The summed E-state index contributed by atoms with van der Waals surface area (Å²) in [5, 5.41) is 3.27. The summed E-state index contributed by atoms with van der Waals surface area (Å²) in [6.07, 6.45) is 0. The van der Waals surface area contributed by atoms with E-state index in [1.54, 1.807) is 4.90 Å². The Labute approximate surface area is 124 Å². The van der Waals surface area contributed by atoms with Gasteiger partial charge in [-0.25, -0.2) is 0 Å². The second kappa shape index (κ2) is 5.83. The van der Waals surface area contributed by atoms with Gasteiger partial charge in [0.1, 0.15) is 6.04 Å². The van der Waals surface area contributed by atoms with Crippen LogP contribution in [0.25, 0.3) is 0 Å². The molecule has 1 aromatic carbocycles. The molecular formula is C15H19ClN2O2. The van der Waals surface area contributed by atoms with E-state index < -0.39 is 6.04 Å². The van der Waals surface area contributed by atoms with Crippen molar-refractivity contribution in [3.05, 3.63) is 34.3 Å². The second-order valence-electron chi connectivity index (χ2n) is 5.52. The first-order valence-electron chi connectivity index (χ1n) is 6.72. The van der Waals surface area contributed by atoms with Crippen molar-refractivity contribution in [1.29, 1.82) is 0 Å². The normalized spacial score (nSPS) is 19.4. The minimum Gasteiger partial charge on any atom is -0.345 e. The minimum atomic E-state index is -0.436. The zero-order chi connectivity index (χ0) is 14.9. The first kappa shape index (κ1) is 14.9. The third kappa shape index (κ3) is 2.96. The van der Waals surface area contributed by atoms with Gasteiger partial charge < -0.3 is 10.2 Å². The molecule has 2 amide bonds. The van der Waals surface area contributed by atoms with Gasteiger partial charge in [0.05, 0.1) is 6.54 Å². The van der Waals surface area contributed by atoms with Gasteiger partial charge in [-0.3, -0.25) is 9.59 Å². The van der Waals surface area contributed by atoms with Gasteiger partial charge in [-0.05, 0) is 30.0 Å². The molecule has 0 saturated carbocycles. The van der Waals surface area contributed by atoms with E-state index in [9.17, 15) is 9.59 Å². The molecule has 1 N–H and O–H groups in total. The Morgan fingerprint density at radius 1 is 1.40 bits per heavy atom.